The van der Waals surface area contributed by atoms with E-state index in [1.165, 1.54) is 37.4 Å². The molecule has 2 heterocycles. The van der Waals surface area contributed by atoms with E-state index in [0.29, 0.717) is 6.10 Å². The van der Waals surface area contributed by atoms with E-state index in [0.717, 1.165) is 6.54 Å². The summed E-state index contributed by atoms with van der Waals surface area (Å²) in [5.41, 5.74) is 0. The van der Waals surface area contributed by atoms with Gasteiger partial charge in [0.05, 0.1) is 6.26 Å². The maximum atomic E-state index is 5.55. The molecule has 2 nitrogen and oxygen atoms in total. The van der Waals surface area contributed by atoms with Gasteiger partial charge in [0.1, 0.15) is 6.10 Å². The van der Waals surface area contributed by atoms with Gasteiger partial charge in [0.2, 0.25) is 0 Å². The monoisotopic (exact) mass is 199 g/mol. The summed E-state index contributed by atoms with van der Waals surface area (Å²) in [7, 11) is 0. The zero-order chi connectivity index (χ0) is 8.93. The molecule has 0 aromatic rings. The number of thioether (sulfide) groups is 1. The Morgan fingerprint density at radius 2 is 2.23 bits per heavy atom. The van der Waals surface area contributed by atoms with Crippen molar-refractivity contribution in [3.63, 3.8) is 0 Å². The lowest BCUT2D eigenvalue weighted by Gasteiger charge is -2.30. The quantitative estimate of drug-likeness (QED) is 0.672. The number of rotatable bonds is 2. The zero-order valence-electron chi connectivity index (χ0n) is 7.95. The third-order valence-electron chi connectivity index (χ3n) is 2.59. The number of allylic oxidation sites excluding steroid dienone is 1. The van der Waals surface area contributed by atoms with Gasteiger partial charge in [0.25, 0.3) is 0 Å². The van der Waals surface area contributed by atoms with Gasteiger partial charge >= 0.3 is 0 Å². The van der Waals surface area contributed by atoms with Crippen molar-refractivity contribution in [3.05, 3.63) is 12.3 Å². The topological polar surface area (TPSA) is 12.5 Å². The van der Waals surface area contributed by atoms with E-state index in [9.17, 15) is 0 Å². The summed E-state index contributed by atoms with van der Waals surface area (Å²) in [5, 5.41) is 0. The van der Waals surface area contributed by atoms with Crippen LogP contribution in [0.5, 0.6) is 0 Å². The smallest absolute Gasteiger partial charge is 0.111 e. The first kappa shape index (κ1) is 9.41. The first-order chi connectivity index (χ1) is 6.45. The third kappa shape index (κ3) is 2.92. The van der Waals surface area contributed by atoms with E-state index < -0.39 is 0 Å². The number of hydrogen-bond donors (Lipinski definition) is 0. The van der Waals surface area contributed by atoms with Gasteiger partial charge in [-0.25, -0.2) is 0 Å². The average molecular weight is 199 g/mol. The predicted octanol–water partition coefficient (Wildman–Crippen LogP) is 1.73. The molecule has 0 aliphatic carbocycles. The molecular formula is C10H17NOS. The maximum Gasteiger partial charge on any atom is 0.111 e. The minimum absolute atomic E-state index is 0.452. The van der Waals surface area contributed by atoms with Crippen LogP contribution < -0.4 is 0 Å². The van der Waals surface area contributed by atoms with Crippen LogP contribution in [0.2, 0.25) is 0 Å². The Bertz CT molecular complexity index is 178. The summed E-state index contributed by atoms with van der Waals surface area (Å²) in [5.74, 6) is 2.59. The number of ether oxygens (including phenoxy) is 1. The molecule has 13 heavy (non-hydrogen) atoms. The largest absolute Gasteiger partial charge is 0.497 e. The Morgan fingerprint density at radius 1 is 1.38 bits per heavy atom. The van der Waals surface area contributed by atoms with E-state index in [-0.39, 0.29) is 0 Å². The lowest BCUT2D eigenvalue weighted by Crippen LogP contribution is -2.39. The molecule has 0 spiro atoms. The molecule has 3 heteroatoms. The van der Waals surface area contributed by atoms with Gasteiger partial charge in [0, 0.05) is 31.1 Å². The van der Waals surface area contributed by atoms with E-state index in [2.05, 4.69) is 22.7 Å². The Hall–Kier alpha value is -0.150. The molecule has 1 fully saturated rings. The Morgan fingerprint density at radius 3 is 2.92 bits per heavy atom. The second kappa shape index (κ2) is 4.91. The zero-order valence-corrected chi connectivity index (χ0v) is 8.76. The second-order valence-electron chi connectivity index (χ2n) is 3.62. The first-order valence-electron chi connectivity index (χ1n) is 5.06. The van der Waals surface area contributed by atoms with Gasteiger partial charge in [-0.2, -0.15) is 11.8 Å². The predicted molar refractivity (Wildman–Crippen MR) is 57.0 cm³/mol. The van der Waals surface area contributed by atoms with Crippen molar-refractivity contribution in [2.75, 3.05) is 31.1 Å². The first-order valence-corrected chi connectivity index (χ1v) is 6.21. The highest BCUT2D eigenvalue weighted by molar-refractivity contribution is 7.99. The molecule has 0 saturated carbocycles. The molecule has 0 radical (unpaired) electrons. The molecule has 0 bridgehead atoms. The van der Waals surface area contributed by atoms with Crippen molar-refractivity contribution in [2.45, 2.75) is 18.9 Å². The molecule has 1 atom stereocenters. The van der Waals surface area contributed by atoms with Gasteiger partial charge in [-0.3, -0.25) is 4.90 Å². The van der Waals surface area contributed by atoms with E-state index in [1.54, 1.807) is 0 Å². The standard InChI is InChI=1S/C10H17NOS/c1-2-6-12-10(3-1)9-11-4-7-13-8-5-11/h2,6,10H,1,3-5,7-9H2. The van der Waals surface area contributed by atoms with Crippen molar-refractivity contribution in [2.24, 2.45) is 0 Å². The molecule has 74 valence electrons. The summed E-state index contributed by atoms with van der Waals surface area (Å²) in [6, 6.07) is 0. The molecule has 0 aromatic carbocycles. The van der Waals surface area contributed by atoms with Crippen molar-refractivity contribution in [1.29, 1.82) is 0 Å². The number of hydrogen-bond acceptors (Lipinski definition) is 3. The van der Waals surface area contributed by atoms with Gasteiger partial charge < -0.3 is 4.74 Å². The highest BCUT2D eigenvalue weighted by Crippen LogP contribution is 2.14. The third-order valence-corrected chi connectivity index (χ3v) is 3.53. The average Bonchev–Trinajstić information content (AvgIpc) is 2.21. The summed E-state index contributed by atoms with van der Waals surface area (Å²) in [6.45, 7) is 3.62. The van der Waals surface area contributed by atoms with Crippen LogP contribution >= 0.6 is 11.8 Å². The SMILES string of the molecule is C1=COC(CN2CCSCC2)CC1. The Kier molecular flexibility index (Phi) is 3.56. The van der Waals surface area contributed by atoms with Crippen LogP contribution in [0.25, 0.3) is 0 Å². The molecule has 1 unspecified atom stereocenters. The van der Waals surface area contributed by atoms with Crippen LogP contribution in [0.3, 0.4) is 0 Å². The van der Waals surface area contributed by atoms with Crippen LogP contribution in [0.4, 0.5) is 0 Å². The Balaban J connectivity index is 1.72. The van der Waals surface area contributed by atoms with Crippen LogP contribution in [0, 0.1) is 0 Å². The fraction of sp³-hybridized carbons (Fsp3) is 0.800. The van der Waals surface area contributed by atoms with Crippen LogP contribution in [-0.4, -0.2) is 42.1 Å². The lowest BCUT2D eigenvalue weighted by atomic mass is 10.1. The minimum atomic E-state index is 0.452. The molecule has 0 amide bonds. The van der Waals surface area contributed by atoms with E-state index in [1.807, 2.05) is 6.26 Å². The van der Waals surface area contributed by atoms with E-state index in [4.69, 9.17) is 4.74 Å². The summed E-state index contributed by atoms with van der Waals surface area (Å²) in [6.07, 6.45) is 6.82. The van der Waals surface area contributed by atoms with Crippen molar-refractivity contribution < 1.29 is 4.74 Å². The maximum absolute atomic E-state index is 5.55. The van der Waals surface area contributed by atoms with Gasteiger partial charge in [-0.15, -0.1) is 0 Å². The van der Waals surface area contributed by atoms with Crippen LogP contribution in [0.15, 0.2) is 12.3 Å². The van der Waals surface area contributed by atoms with E-state index >= 15 is 0 Å². The van der Waals surface area contributed by atoms with Crippen LogP contribution in [-0.2, 0) is 4.74 Å². The number of nitrogens with zero attached hydrogens (tertiary/aromatic N) is 1. The van der Waals surface area contributed by atoms with Crippen LogP contribution in [0.1, 0.15) is 12.8 Å². The molecule has 1 saturated heterocycles. The van der Waals surface area contributed by atoms with Gasteiger partial charge in [0.15, 0.2) is 0 Å². The molecule has 0 aromatic heterocycles. The lowest BCUT2D eigenvalue weighted by molar-refractivity contribution is 0.0827. The fourth-order valence-electron chi connectivity index (χ4n) is 1.79. The highest BCUT2D eigenvalue weighted by atomic mass is 32.2. The molecule has 0 N–H and O–H groups in total. The van der Waals surface area contributed by atoms with Gasteiger partial charge in [-0.05, 0) is 18.9 Å². The fourth-order valence-corrected chi connectivity index (χ4v) is 2.77. The molecular weight excluding hydrogens is 182 g/mol. The summed E-state index contributed by atoms with van der Waals surface area (Å²) < 4.78 is 5.55. The minimum Gasteiger partial charge on any atom is -0.497 e. The Labute approximate surface area is 84.3 Å². The second-order valence-corrected chi connectivity index (χ2v) is 4.84. The van der Waals surface area contributed by atoms with Crippen molar-refractivity contribution >= 4 is 11.8 Å². The summed E-state index contributed by atoms with van der Waals surface area (Å²) in [4.78, 5) is 2.53. The van der Waals surface area contributed by atoms with Crippen molar-refractivity contribution in [1.82, 2.24) is 4.90 Å². The van der Waals surface area contributed by atoms with Crippen molar-refractivity contribution in [3.8, 4) is 0 Å². The highest BCUT2D eigenvalue weighted by Gasteiger charge is 2.17. The summed E-state index contributed by atoms with van der Waals surface area (Å²) >= 11 is 2.06. The molecule has 2 aliphatic rings. The molecule has 2 aliphatic heterocycles. The van der Waals surface area contributed by atoms with Gasteiger partial charge in [-0.1, -0.05) is 0 Å². The molecule has 2 rings (SSSR count). The normalized spacial score (nSPS) is 30.0.